The highest BCUT2D eigenvalue weighted by molar-refractivity contribution is 5.34. The predicted octanol–water partition coefficient (Wildman–Crippen LogP) is 3.56. The lowest BCUT2D eigenvalue weighted by Gasteiger charge is -2.37. The van der Waals surface area contributed by atoms with Crippen molar-refractivity contribution < 1.29 is 4.74 Å². The van der Waals surface area contributed by atoms with Gasteiger partial charge in [-0.1, -0.05) is 32.9 Å². The van der Waals surface area contributed by atoms with Crippen molar-refractivity contribution in [3.05, 3.63) is 29.8 Å². The highest BCUT2D eigenvalue weighted by Crippen LogP contribution is 2.37. The van der Waals surface area contributed by atoms with Gasteiger partial charge in [0, 0.05) is 6.54 Å². The Bertz CT molecular complexity index is 375. The van der Waals surface area contributed by atoms with E-state index in [0.717, 1.165) is 18.7 Å². The lowest BCUT2D eigenvalue weighted by Crippen LogP contribution is -2.36. The first-order chi connectivity index (χ1) is 8.43. The molecule has 0 saturated carbocycles. The van der Waals surface area contributed by atoms with Crippen molar-refractivity contribution in [2.24, 2.45) is 5.92 Å². The number of methoxy groups -OCH3 is 1. The summed E-state index contributed by atoms with van der Waals surface area (Å²) in [5, 5.41) is 0. The summed E-state index contributed by atoms with van der Waals surface area (Å²) in [6, 6.07) is 8.49. The van der Waals surface area contributed by atoms with E-state index in [1.54, 1.807) is 7.11 Å². The van der Waals surface area contributed by atoms with Crippen LogP contribution >= 0.6 is 0 Å². The van der Waals surface area contributed by atoms with Crippen LogP contribution in [0.2, 0.25) is 0 Å². The molecule has 102 valence electrons. The first-order valence-corrected chi connectivity index (χ1v) is 6.73. The molecule has 0 aliphatic heterocycles. The summed E-state index contributed by atoms with van der Waals surface area (Å²) in [4.78, 5) is 2.26. The molecule has 18 heavy (non-hydrogen) atoms. The molecule has 0 aliphatic rings. The zero-order chi connectivity index (χ0) is 13.8. The molecule has 0 spiro atoms. The molecule has 0 aliphatic carbocycles. The molecule has 1 unspecified atom stereocenters. The molecule has 0 amide bonds. The van der Waals surface area contributed by atoms with Crippen LogP contribution in [0.4, 0.5) is 0 Å². The molecule has 0 heterocycles. The van der Waals surface area contributed by atoms with Gasteiger partial charge in [-0.2, -0.15) is 0 Å². The van der Waals surface area contributed by atoms with Crippen molar-refractivity contribution in [2.75, 3.05) is 27.7 Å². The second-order valence-corrected chi connectivity index (χ2v) is 5.67. The van der Waals surface area contributed by atoms with E-state index in [0.29, 0.717) is 5.92 Å². The van der Waals surface area contributed by atoms with Crippen LogP contribution in [0, 0.1) is 5.92 Å². The SMILES string of the molecule is CCC(C)(c1cccc(OC)c1)[C@@H](C)CN(C)C. The van der Waals surface area contributed by atoms with Crippen LogP contribution in [0.15, 0.2) is 24.3 Å². The maximum absolute atomic E-state index is 5.34. The van der Waals surface area contributed by atoms with E-state index in [1.807, 2.05) is 6.07 Å². The number of benzene rings is 1. The van der Waals surface area contributed by atoms with Gasteiger partial charge in [0.05, 0.1) is 7.11 Å². The third-order valence-corrected chi connectivity index (χ3v) is 4.19. The smallest absolute Gasteiger partial charge is 0.119 e. The van der Waals surface area contributed by atoms with E-state index in [2.05, 4.69) is 58.0 Å². The van der Waals surface area contributed by atoms with Crippen molar-refractivity contribution in [2.45, 2.75) is 32.6 Å². The van der Waals surface area contributed by atoms with E-state index in [1.165, 1.54) is 5.56 Å². The van der Waals surface area contributed by atoms with Gasteiger partial charge in [-0.3, -0.25) is 0 Å². The molecule has 2 nitrogen and oxygen atoms in total. The number of hydrogen-bond donors (Lipinski definition) is 0. The summed E-state index contributed by atoms with van der Waals surface area (Å²) in [5.74, 6) is 1.55. The van der Waals surface area contributed by atoms with Gasteiger partial charge >= 0.3 is 0 Å². The predicted molar refractivity (Wildman–Crippen MR) is 78.4 cm³/mol. The van der Waals surface area contributed by atoms with E-state index in [-0.39, 0.29) is 5.41 Å². The van der Waals surface area contributed by atoms with Gasteiger partial charge in [0.1, 0.15) is 5.75 Å². The Morgan fingerprint density at radius 2 is 2.00 bits per heavy atom. The standard InChI is InChI=1S/C16H27NO/c1-7-16(3,13(2)12-17(4)5)14-9-8-10-15(11-14)18-6/h8-11,13H,7,12H2,1-6H3/t13-,16?/m0/s1. The van der Waals surface area contributed by atoms with Gasteiger partial charge in [0.15, 0.2) is 0 Å². The molecule has 0 aromatic heterocycles. The summed E-state index contributed by atoms with van der Waals surface area (Å²) in [7, 11) is 6.00. The minimum atomic E-state index is 0.193. The van der Waals surface area contributed by atoms with Gasteiger partial charge in [0.25, 0.3) is 0 Å². The van der Waals surface area contributed by atoms with Crippen LogP contribution in [-0.4, -0.2) is 32.6 Å². The lowest BCUT2D eigenvalue weighted by atomic mass is 9.70. The minimum Gasteiger partial charge on any atom is -0.497 e. The average molecular weight is 249 g/mol. The van der Waals surface area contributed by atoms with Crippen LogP contribution < -0.4 is 4.74 Å². The molecule has 1 aromatic carbocycles. The van der Waals surface area contributed by atoms with Crippen molar-refractivity contribution in [3.8, 4) is 5.75 Å². The highest BCUT2D eigenvalue weighted by atomic mass is 16.5. The Balaban J connectivity index is 3.05. The molecule has 0 N–H and O–H groups in total. The zero-order valence-electron chi connectivity index (χ0n) is 12.7. The van der Waals surface area contributed by atoms with Crippen molar-refractivity contribution >= 4 is 0 Å². The van der Waals surface area contributed by atoms with Crippen molar-refractivity contribution in [3.63, 3.8) is 0 Å². The molecule has 2 atom stereocenters. The second-order valence-electron chi connectivity index (χ2n) is 5.67. The molecule has 1 aromatic rings. The zero-order valence-corrected chi connectivity index (χ0v) is 12.7. The van der Waals surface area contributed by atoms with Gasteiger partial charge in [0.2, 0.25) is 0 Å². The van der Waals surface area contributed by atoms with Crippen LogP contribution in [-0.2, 0) is 5.41 Å². The van der Waals surface area contributed by atoms with E-state index < -0.39 is 0 Å². The second kappa shape index (κ2) is 6.24. The van der Waals surface area contributed by atoms with Crippen molar-refractivity contribution in [1.29, 1.82) is 0 Å². The minimum absolute atomic E-state index is 0.193. The molecule has 1 rings (SSSR count). The Kier molecular flexibility index (Phi) is 5.21. The Labute approximate surface area is 112 Å². The fourth-order valence-electron chi connectivity index (χ4n) is 2.56. The van der Waals surface area contributed by atoms with Crippen molar-refractivity contribution in [1.82, 2.24) is 4.90 Å². The van der Waals surface area contributed by atoms with Gasteiger partial charge in [-0.05, 0) is 49.5 Å². The van der Waals surface area contributed by atoms with E-state index in [4.69, 9.17) is 4.74 Å². The molecular formula is C16H27NO. The number of ether oxygens (including phenoxy) is 1. The fraction of sp³-hybridized carbons (Fsp3) is 0.625. The Morgan fingerprint density at radius 1 is 1.33 bits per heavy atom. The van der Waals surface area contributed by atoms with Crippen LogP contribution in [0.5, 0.6) is 5.75 Å². The fourth-order valence-corrected chi connectivity index (χ4v) is 2.56. The largest absolute Gasteiger partial charge is 0.497 e. The van der Waals surface area contributed by atoms with Crippen LogP contribution in [0.1, 0.15) is 32.8 Å². The van der Waals surface area contributed by atoms with E-state index >= 15 is 0 Å². The quantitative estimate of drug-likeness (QED) is 0.764. The van der Waals surface area contributed by atoms with Crippen LogP contribution in [0.25, 0.3) is 0 Å². The number of hydrogen-bond acceptors (Lipinski definition) is 2. The summed E-state index contributed by atoms with van der Waals surface area (Å²) in [5.41, 5.74) is 1.57. The summed E-state index contributed by atoms with van der Waals surface area (Å²) >= 11 is 0. The summed E-state index contributed by atoms with van der Waals surface area (Å²) < 4.78 is 5.34. The first-order valence-electron chi connectivity index (χ1n) is 6.73. The van der Waals surface area contributed by atoms with Gasteiger partial charge in [-0.25, -0.2) is 0 Å². The summed E-state index contributed by atoms with van der Waals surface area (Å²) in [6.45, 7) is 8.06. The molecule has 0 bridgehead atoms. The number of nitrogens with zero attached hydrogens (tertiary/aromatic N) is 1. The Morgan fingerprint density at radius 3 is 2.50 bits per heavy atom. The normalized spacial score (nSPS) is 16.4. The Hall–Kier alpha value is -1.02. The topological polar surface area (TPSA) is 12.5 Å². The van der Waals surface area contributed by atoms with Crippen LogP contribution in [0.3, 0.4) is 0 Å². The third kappa shape index (κ3) is 3.26. The highest BCUT2D eigenvalue weighted by Gasteiger charge is 2.31. The average Bonchev–Trinajstić information content (AvgIpc) is 2.37. The molecule has 0 radical (unpaired) electrons. The molecule has 2 heteroatoms. The molecule has 0 saturated heterocycles. The number of rotatable bonds is 6. The molecule has 0 fully saturated rings. The monoisotopic (exact) mass is 249 g/mol. The first kappa shape index (κ1) is 15.0. The van der Waals surface area contributed by atoms with E-state index in [9.17, 15) is 0 Å². The lowest BCUT2D eigenvalue weighted by molar-refractivity contribution is 0.230. The maximum atomic E-state index is 5.34. The molecular weight excluding hydrogens is 222 g/mol. The maximum Gasteiger partial charge on any atom is 0.119 e. The summed E-state index contributed by atoms with van der Waals surface area (Å²) in [6.07, 6.45) is 1.13. The van der Waals surface area contributed by atoms with Gasteiger partial charge in [-0.15, -0.1) is 0 Å². The van der Waals surface area contributed by atoms with Gasteiger partial charge < -0.3 is 9.64 Å². The third-order valence-electron chi connectivity index (χ3n) is 4.19.